The lowest BCUT2D eigenvalue weighted by Gasteiger charge is -2.34. The van der Waals surface area contributed by atoms with Crippen molar-refractivity contribution in [2.45, 2.75) is 57.6 Å². The number of rotatable bonds is 4. The van der Waals surface area contributed by atoms with Crippen molar-refractivity contribution < 1.29 is 9.26 Å². The molecule has 0 unspecified atom stereocenters. The monoisotopic (exact) mass is 337 g/mol. The number of aromatic nitrogens is 2. The summed E-state index contributed by atoms with van der Waals surface area (Å²) in [6, 6.07) is 8.03. The van der Waals surface area contributed by atoms with Gasteiger partial charge in [0.1, 0.15) is 5.75 Å². The predicted octanol–water partition coefficient (Wildman–Crippen LogP) is 3.71. The molecule has 1 aliphatic rings. The van der Waals surface area contributed by atoms with Gasteiger partial charge in [0.2, 0.25) is 0 Å². The molecule has 0 atom stereocenters. The van der Waals surface area contributed by atoms with Crippen LogP contribution in [0.15, 0.2) is 28.8 Å². The average molecular weight is 338 g/mol. The lowest BCUT2D eigenvalue weighted by molar-refractivity contribution is 0.222. The third kappa shape index (κ3) is 3.67. The zero-order valence-corrected chi connectivity index (χ0v) is 14.7. The van der Waals surface area contributed by atoms with Gasteiger partial charge in [-0.25, -0.2) is 0 Å². The normalized spacial score (nSPS) is 16.3. The lowest BCUT2D eigenvalue weighted by atomic mass is 9.77. The Hall–Kier alpha value is -1.59. The van der Waals surface area contributed by atoms with Crippen LogP contribution in [0.25, 0.3) is 0 Å². The summed E-state index contributed by atoms with van der Waals surface area (Å²) in [6.07, 6.45) is 2.95. The van der Waals surface area contributed by atoms with E-state index in [-0.39, 0.29) is 24.4 Å². The van der Waals surface area contributed by atoms with Crippen LogP contribution in [0.4, 0.5) is 0 Å². The Labute approximate surface area is 143 Å². The summed E-state index contributed by atoms with van der Waals surface area (Å²) >= 11 is 0. The number of benzene rings is 1. The van der Waals surface area contributed by atoms with E-state index in [4.69, 9.17) is 15.0 Å². The first-order valence-electron chi connectivity index (χ1n) is 7.73. The van der Waals surface area contributed by atoms with Gasteiger partial charge < -0.3 is 15.0 Å². The van der Waals surface area contributed by atoms with Crippen molar-refractivity contribution in [2.75, 3.05) is 0 Å². The molecule has 0 saturated heterocycles. The van der Waals surface area contributed by atoms with Crippen molar-refractivity contribution in [3.8, 4) is 5.75 Å². The van der Waals surface area contributed by atoms with Gasteiger partial charge >= 0.3 is 0 Å². The highest BCUT2D eigenvalue weighted by atomic mass is 35.5. The molecule has 2 N–H and O–H groups in total. The third-order valence-electron chi connectivity index (χ3n) is 4.21. The molecule has 2 aromatic rings. The van der Waals surface area contributed by atoms with Crippen LogP contribution in [0.5, 0.6) is 5.75 Å². The second kappa shape index (κ2) is 6.49. The topological polar surface area (TPSA) is 74.2 Å². The van der Waals surface area contributed by atoms with Crippen LogP contribution >= 0.6 is 12.4 Å². The molecule has 0 bridgehead atoms. The molecular weight excluding hydrogens is 314 g/mol. The van der Waals surface area contributed by atoms with E-state index in [1.54, 1.807) is 0 Å². The molecule has 0 radical (unpaired) electrons. The quantitative estimate of drug-likeness (QED) is 0.920. The van der Waals surface area contributed by atoms with Crippen LogP contribution in [0.2, 0.25) is 0 Å². The molecule has 1 heterocycles. The first-order valence-corrected chi connectivity index (χ1v) is 7.73. The van der Waals surface area contributed by atoms with Crippen molar-refractivity contribution in [2.24, 2.45) is 5.73 Å². The summed E-state index contributed by atoms with van der Waals surface area (Å²) in [7, 11) is 0. The van der Waals surface area contributed by atoms with E-state index in [9.17, 15) is 0 Å². The highest BCUT2D eigenvalue weighted by Gasteiger charge is 2.39. The number of ether oxygens (including phenoxy) is 1. The van der Waals surface area contributed by atoms with Gasteiger partial charge in [0.05, 0.1) is 5.54 Å². The number of nitrogens with two attached hydrogens (primary N) is 1. The Kier molecular flexibility index (Phi) is 5.01. The molecule has 0 aliphatic heterocycles. The standard InChI is InChI=1S/C17H23N3O2.ClH/c1-16(2,3)12-7-4-5-8-13(12)21-11-14-19-15(20-22-14)17(18)9-6-10-17;/h4-5,7-8H,6,9-11,18H2,1-3H3;1H. The molecule has 1 saturated carbocycles. The van der Waals surface area contributed by atoms with Crippen LogP contribution in [-0.2, 0) is 17.6 Å². The Bertz CT molecular complexity index is 660. The van der Waals surface area contributed by atoms with E-state index in [0.717, 1.165) is 30.6 Å². The first-order chi connectivity index (χ1) is 10.4. The summed E-state index contributed by atoms with van der Waals surface area (Å²) in [4.78, 5) is 4.38. The highest BCUT2D eigenvalue weighted by molar-refractivity contribution is 5.85. The number of para-hydroxylation sites is 1. The highest BCUT2D eigenvalue weighted by Crippen LogP contribution is 2.37. The van der Waals surface area contributed by atoms with Crippen LogP contribution in [-0.4, -0.2) is 10.1 Å². The van der Waals surface area contributed by atoms with E-state index < -0.39 is 5.54 Å². The second-order valence-electron chi connectivity index (χ2n) is 7.06. The molecule has 1 aromatic heterocycles. The predicted molar refractivity (Wildman–Crippen MR) is 90.7 cm³/mol. The Morgan fingerprint density at radius 1 is 1.26 bits per heavy atom. The van der Waals surface area contributed by atoms with Crippen LogP contribution in [0.1, 0.15) is 57.3 Å². The van der Waals surface area contributed by atoms with E-state index >= 15 is 0 Å². The van der Waals surface area contributed by atoms with Crippen LogP contribution in [0.3, 0.4) is 0 Å². The number of hydrogen-bond donors (Lipinski definition) is 1. The molecule has 1 aromatic carbocycles. The number of halogens is 1. The zero-order valence-electron chi connectivity index (χ0n) is 13.8. The minimum absolute atomic E-state index is 0. The van der Waals surface area contributed by atoms with Gasteiger partial charge in [0.25, 0.3) is 5.89 Å². The van der Waals surface area contributed by atoms with Crippen molar-refractivity contribution >= 4 is 12.4 Å². The van der Waals surface area contributed by atoms with Gasteiger partial charge in [-0.1, -0.05) is 44.1 Å². The van der Waals surface area contributed by atoms with E-state index in [2.05, 4.69) is 37.0 Å². The van der Waals surface area contributed by atoms with E-state index in [1.807, 2.05) is 18.2 Å². The maximum absolute atomic E-state index is 6.20. The molecule has 1 aliphatic carbocycles. The van der Waals surface area contributed by atoms with Gasteiger partial charge in [-0.05, 0) is 36.3 Å². The third-order valence-corrected chi connectivity index (χ3v) is 4.21. The molecule has 23 heavy (non-hydrogen) atoms. The van der Waals surface area contributed by atoms with E-state index in [1.165, 1.54) is 0 Å². The van der Waals surface area contributed by atoms with Gasteiger partial charge in [0.15, 0.2) is 12.4 Å². The molecule has 126 valence electrons. The number of nitrogens with zero attached hydrogens (tertiary/aromatic N) is 2. The minimum Gasteiger partial charge on any atom is -0.483 e. The maximum atomic E-state index is 6.20. The molecule has 0 amide bonds. The summed E-state index contributed by atoms with van der Waals surface area (Å²) in [6.45, 7) is 6.74. The van der Waals surface area contributed by atoms with Crippen molar-refractivity contribution in [3.63, 3.8) is 0 Å². The Balaban J connectivity index is 0.00000192. The van der Waals surface area contributed by atoms with Gasteiger partial charge in [-0.2, -0.15) is 4.98 Å². The van der Waals surface area contributed by atoms with Gasteiger partial charge in [0, 0.05) is 0 Å². The fourth-order valence-electron chi connectivity index (χ4n) is 2.65. The van der Waals surface area contributed by atoms with Crippen LogP contribution in [0, 0.1) is 0 Å². The molecule has 5 nitrogen and oxygen atoms in total. The van der Waals surface area contributed by atoms with Gasteiger partial charge in [-0.15, -0.1) is 12.4 Å². The Morgan fingerprint density at radius 2 is 1.96 bits per heavy atom. The van der Waals surface area contributed by atoms with E-state index in [0.29, 0.717) is 11.7 Å². The molecule has 6 heteroatoms. The molecule has 0 spiro atoms. The van der Waals surface area contributed by atoms with Crippen LogP contribution < -0.4 is 10.5 Å². The smallest absolute Gasteiger partial charge is 0.264 e. The van der Waals surface area contributed by atoms with Crippen molar-refractivity contribution in [3.05, 3.63) is 41.5 Å². The SMILES string of the molecule is CC(C)(C)c1ccccc1OCc1nc(C2(N)CCC2)no1.Cl. The fraction of sp³-hybridized carbons (Fsp3) is 0.529. The maximum Gasteiger partial charge on any atom is 0.264 e. The molecule has 1 fully saturated rings. The summed E-state index contributed by atoms with van der Waals surface area (Å²) < 4.78 is 11.2. The minimum atomic E-state index is -0.398. The first kappa shape index (κ1) is 17.8. The largest absolute Gasteiger partial charge is 0.483 e. The fourth-order valence-corrected chi connectivity index (χ4v) is 2.65. The summed E-state index contributed by atoms with van der Waals surface area (Å²) in [5.41, 5.74) is 6.98. The molecular formula is C17H24ClN3O2. The number of hydrogen-bond acceptors (Lipinski definition) is 5. The van der Waals surface area contributed by atoms with Crippen molar-refractivity contribution in [1.29, 1.82) is 0 Å². The van der Waals surface area contributed by atoms with Crippen molar-refractivity contribution in [1.82, 2.24) is 10.1 Å². The lowest BCUT2D eigenvalue weighted by Crippen LogP contribution is -2.44. The molecule has 3 rings (SSSR count). The summed E-state index contributed by atoms with van der Waals surface area (Å²) in [5.74, 6) is 1.91. The average Bonchev–Trinajstić information content (AvgIpc) is 2.91. The Morgan fingerprint density at radius 3 is 2.57 bits per heavy atom. The summed E-state index contributed by atoms with van der Waals surface area (Å²) in [5, 5.41) is 4.00. The zero-order chi connectivity index (χ0) is 15.8. The second-order valence-corrected chi connectivity index (χ2v) is 7.06. The van der Waals surface area contributed by atoms with Gasteiger partial charge in [-0.3, -0.25) is 0 Å².